The summed E-state index contributed by atoms with van der Waals surface area (Å²) in [5.74, 6) is -0.348. The molecule has 0 saturated heterocycles. The molecule has 10 heteroatoms. The molecule has 2 aromatic heterocycles. The smallest absolute Gasteiger partial charge is 0.349 e. The number of ether oxygens (including phenoxy) is 2. The van der Waals surface area contributed by atoms with Crippen molar-refractivity contribution < 1.29 is 19.1 Å². The molecule has 0 aliphatic rings. The highest BCUT2D eigenvalue weighted by Crippen LogP contribution is 2.41. The van der Waals surface area contributed by atoms with Gasteiger partial charge in [0.05, 0.1) is 17.7 Å². The number of aromatic nitrogens is 1. The van der Waals surface area contributed by atoms with E-state index in [2.05, 4.69) is 34.8 Å². The first kappa shape index (κ1) is 33.1. The van der Waals surface area contributed by atoms with E-state index in [1.165, 1.54) is 11.3 Å². The maximum atomic E-state index is 13.0. The Hall–Kier alpha value is -1.45. The molecule has 0 saturated carbocycles. The molecule has 1 atom stereocenters. The van der Waals surface area contributed by atoms with Crippen molar-refractivity contribution in [3.63, 3.8) is 0 Å². The summed E-state index contributed by atoms with van der Waals surface area (Å²) in [5.41, 5.74) is 1.80. The van der Waals surface area contributed by atoms with E-state index < -0.39 is 8.07 Å². The van der Waals surface area contributed by atoms with Crippen LogP contribution >= 0.6 is 50.5 Å². The number of benzene rings is 1. The Morgan fingerprint density at radius 3 is 2.27 bits per heavy atom. The number of pyridine rings is 1. The van der Waals surface area contributed by atoms with E-state index in [-0.39, 0.29) is 11.6 Å². The number of carbonyl (C=O) groups excluding carboxylic acids is 2. The number of thiophene rings is 1. The van der Waals surface area contributed by atoms with Gasteiger partial charge in [-0.2, -0.15) is 0 Å². The Balaban J connectivity index is 1.56. The van der Waals surface area contributed by atoms with Crippen molar-refractivity contribution in [2.75, 3.05) is 13.2 Å². The molecule has 0 bridgehead atoms. The van der Waals surface area contributed by atoms with E-state index in [1.807, 2.05) is 19.1 Å². The van der Waals surface area contributed by atoms with Crippen LogP contribution in [0.3, 0.4) is 0 Å². The van der Waals surface area contributed by atoms with Gasteiger partial charge in [-0.15, -0.1) is 11.3 Å². The summed E-state index contributed by atoms with van der Waals surface area (Å²) in [6, 6.07) is 8.38. The second-order valence-corrected chi connectivity index (χ2v) is 17.3. The molecule has 3 aromatic rings. The second-order valence-electron chi connectivity index (χ2n) is 10.1. The van der Waals surface area contributed by atoms with Gasteiger partial charge in [-0.1, -0.05) is 75.6 Å². The fourth-order valence-electron chi connectivity index (χ4n) is 5.14. The van der Waals surface area contributed by atoms with Gasteiger partial charge in [-0.3, -0.25) is 9.78 Å². The third-order valence-corrected chi connectivity index (χ3v) is 15.0. The van der Waals surface area contributed by atoms with Gasteiger partial charge in [0.1, 0.15) is 4.88 Å². The van der Waals surface area contributed by atoms with Crippen molar-refractivity contribution >= 4 is 80.2 Å². The summed E-state index contributed by atoms with van der Waals surface area (Å²) in [6.07, 6.45) is 10.5. The summed E-state index contributed by atoms with van der Waals surface area (Å²) >= 11 is 17.4. The third kappa shape index (κ3) is 8.54. The van der Waals surface area contributed by atoms with Gasteiger partial charge in [0.25, 0.3) is 5.59 Å². The van der Waals surface area contributed by atoms with Gasteiger partial charge in [-0.25, -0.2) is 4.79 Å². The summed E-state index contributed by atoms with van der Waals surface area (Å²) in [7, 11) is -2.10. The lowest BCUT2D eigenvalue weighted by Gasteiger charge is -2.29. The number of nitrogens with zero attached hydrogens (tertiary/aromatic N) is 1. The molecule has 1 unspecified atom stereocenters. The fraction of sp³-hybridized carbons (Fsp3) is 0.500. The minimum Gasteiger partial charge on any atom is -0.470 e. The number of carbonyl (C=O) groups is 2. The average Bonchev–Trinajstić information content (AvgIpc) is 3.27. The predicted octanol–water partition coefficient (Wildman–Crippen LogP) is 11.1. The number of fused-ring (bicyclic) bond motifs is 1. The number of hydrogen-bond acceptors (Lipinski definition) is 6. The summed E-state index contributed by atoms with van der Waals surface area (Å²) in [5, 5.41) is 1.92. The van der Waals surface area contributed by atoms with Crippen molar-refractivity contribution in [2.24, 2.45) is 0 Å². The normalized spacial score (nSPS) is 12.8. The molecule has 40 heavy (non-hydrogen) atoms. The molecule has 0 amide bonds. The van der Waals surface area contributed by atoms with E-state index in [4.69, 9.17) is 32.7 Å². The molecular weight excluding hydrogens is 649 g/mol. The van der Waals surface area contributed by atoms with Crippen molar-refractivity contribution in [3.8, 4) is 11.1 Å². The van der Waals surface area contributed by atoms with E-state index in [1.54, 1.807) is 18.5 Å². The van der Waals surface area contributed by atoms with Crippen LogP contribution in [0.2, 0.25) is 28.2 Å². The zero-order chi connectivity index (χ0) is 29.1. The van der Waals surface area contributed by atoms with Gasteiger partial charge in [0.15, 0.2) is 8.07 Å². The SMILES string of the molecule is CCCC[Si](CCC)(CCCCCCOC(=O)c1sc2c(-c3cc(Cl)cc(Cl)c3)cncc2c1Br)C(=O)OCC. The fourth-order valence-corrected chi connectivity index (χ4v) is 12.3. The Morgan fingerprint density at radius 1 is 0.900 bits per heavy atom. The maximum absolute atomic E-state index is 13.0. The van der Waals surface area contributed by atoms with Crippen LogP contribution in [0.4, 0.5) is 4.79 Å². The molecular formula is C30H38BrCl2NO4SSi. The molecule has 2 heterocycles. The topological polar surface area (TPSA) is 65.5 Å². The molecule has 1 aromatic carbocycles. The van der Waals surface area contributed by atoms with E-state index in [0.717, 1.165) is 84.3 Å². The predicted molar refractivity (Wildman–Crippen MR) is 174 cm³/mol. The number of rotatable bonds is 16. The van der Waals surface area contributed by atoms with Crippen LogP contribution in [0.15, 0.2) is 35.1 Å². The van der Waals surface area contributed by atoms with E-state index in [9.17, 15) is 9.59 Å². The Labute approximate surface area is 261 Å². The summed E-state index contributed by atoms with van der Waals surface area (Å²) in [4.78, 5) is 30.8. The first-order chi connectivity index (χ1) is 19.3. The van der Waals surface area contributed by atoms with Crippen LogP contribution in [0.25, 0.3) is 21.2 Å². The van der Waals surface area contributed by atoms with Crippen molar-refractivity contribution in [2.45, 2.75) is 83.8 Å². The molecule has 0 spiro atoms. The molecule has 0 N–H and O–H groups in total. The lowest BCUT2D eigenvalue weighted by Crippen LogP contribution is -2.44. The highest BCUT2D eigenvalue weighted by atomic mass is 79.9. The van der Waals surface area contributed by atoms with Crippen molar-refractivity contribution in [1.29, 1.82) is 0 Å². The number of unbranched alkanes of at least 4 members (excludes halogenated alkanes) is 4. The first-order valence-electron chi connectivity index (χ1n) is 14.1. The highest BCUT2D eigenvalue weighted by Gasteiger charge is 2.40. The maximum Gasteiger partial charge on any atom is 0.349 e. The van der Waals surface area contributed by atoms with Gasteiger partial charge < -0.3 is 9.47 Å². The van der Waals surface area contributed by atoms with Gasteiger partial charge >= 0.3 is 5.97 Å². The molecule has 5 nitrogen and oxygen atoms in total. The van der Waals surface area contributed by atoms with Crippen molar-refractivity contribution in [1.82, 2.24) is 4.98 Å². The molecule has 0 aliphatic carbocycles. The Kier molecular flexibility index (Phi) is 13.4. The monoisotopic (exact) mass is 685 g/mol. The minimum atomic E-state index is -2.10. The van der Waals surface area contributed by atoms with Gasteiger partial charge in [-0.05, 0) is 71.2 Å². The quantitative estimate of drug-likeness (QED) is 0.0852. The zero-order valence-electron chi connectivity index (χ0n) is 23.5. The van der Waals surface area contributed by atoms with Crippen LogP contribution in [-0.4, -0.2) is 37.8 Å². The molecule has 3 rings (SSSR count). The lowest BCUT2D eigenvalue weighted by atomic mass is 10.1. The highest BCUT2D eigenvalue weighted by molar-refractivity contribution is 9.10. The zero-order valence-corrected chi connectivity index (χ0v) is 28.4. The molecule has 218 valence electrons. The number of esters is 1. The van der Waals surface area contributed by atoms with Crippen molar-refractivity contribution in [3.05, 3.63) is 50.0 Å². The Bertz CT molecular complexity index is 1280. The number of hydrogen-bond donors (Lipinski definition) is 0. The Morgan fingerprint density at radius 2 is 1.60 bits per heavy atom. The van der Waals surface area contributed by atoms with Crippen LogP contribution < -0.4 is 0 Å². The lowest BCUT2D eigenvalue weighted by molar-refractivity contribution is 0.0502. The van der Waals surface area contributed by atoms with Gasteiger partial charge in [0.2, 0.25) is 0 Å². The second kappa shape index (κ2) is 16.3. The molecule has 0 radical (unpaired) electrons. The third-order valence-electron chi connectivity index (χ3n) is 7.12. The number of halogens is 3. The van der Waals surface area contributed by atoms with Crippen LogP contribution in [0, 0.1) is 0 Å². The van der Waals surface area contributed by atoms with Crippen LogP contribution in [-0.2, 0) is 9.47 Å². The van der Waals surface area contributed by atoms with Crippen LogP contribution in [0.5, 0.6) is 0 Å². The average molecular weight is 688 g/mol. The summed E-state index contributed by atoms with van der Waals surface area (Å²) < 4.78 is 12.8. The minimum absolute atomic E-state index is 0.102. The molecule has 0 fully saturated rings. The largest absolute Gasteiger partial charge is 0.470 e. The standard InChI is InChI=1S/C30H38BrCl2NO4SSi/c1-4-7-14-40(13-5-2,30(36)37-6-3)15-11-9-8-10-12-38-29(35)28-26(31)25-20-34-19-24(27(25)39-28)21-16-22(32)18-23(33)17-21/h16-20H,4-15H2,1-3H3. The van der Waals surface area contributed by atoms with E-state index >= 15 is 0 Å². The molecule has 0 aliphatic heterocycles. The van der Waals surface area contributed by atoms with Gasteiger partial charge in [0, 0.05) is 38.1 Å². The van der Waals surface area contributed by atoms with Crippen LogP contribution in [0.1, 0.15) is 75.4 Å². The first-order valence-corrected chi connectivity index (χ1v) is 19.1. The van der Waals surface area contributed by atoms with E-state index in [0.29, 0.717) is 32.6 Å². The summed E-state index contributed by atoms with van der Waals surface area (Å²) in [6.45, 7) is 7.06.